The monoisotopic (exact) mass is 670 g/mol. The summed E-state index contributed by atoms with van der Waals surface area (Å²) in [6, 6.07) is 31.6. The minimum absolute atomic E-state index is 0.0510. The number of nitrogens with one attached hydrogen (secondary N) is 1. The number of benzene rings is 4. The van der Waals surface area contributed by atoms with E-state index < -0.39 is 16.1 Å². The van der Waals surface area contributed by atoms with Gasteiger partial charge in [0.05, 0.1) is 27.6 Å². The third-order valence-electron chi connectivity index (χ3n) is 8.82. The molecule has 0 saturated heterocycles. The highest BCUT2D eigenvalue weighted by atomic mass is 35.5. The SMILES string of the molecule is O=S1(=O)NC(O)=CN1c1cccc(-n2cc(-c3c(Cl)cccc3Cl)nc2C(c2ccc(-c3ccccc3)cc2)C2CCCCC2)c1. The lowest BCUT2D eigenvalue weighted by Gasteiger charge is -2.31. The number of anilines is 1. The number of nitrogens with zero attached hydrogens (tertiary/aromatic N) is 3. The van der Waals surface area contributed by atoms with Crippen molar-refractivity contribution in [2.24, 2.45) is 5.92 Å². The van der Waals surface area contributed by atoms with Crippen molar-refractivity contribution in [3.8, 4) is 28.1 Å². The summed E-state index contributed by atoms with van der Waals surface area (Å²) in [6.07, 6.45) is 8.74. The first-order valence-electron chi connectivity index (χ1n) is 15.3. The minimum atomic E-state index is -3.97. The van der Waals surface area contributed by atoms with Crippen molar-refractivity contribution in [2.75, 3.05) is 4.31 Å². The number of aliphatic hydroxyl groups is 1. The van der Waals surface area contributed by atoms with Crippen LogP contribution in [0.2, 0.25) is 10.0 Å². The first kappa shape index (κ1) is 30.4. The fourth-order valence-corrected chi connectivity index (χ4v) is 8.31. The highest BCUT2D eigenvalue weighted by molar-refractivity contribution is 7.91. The van der Waals surface area contributed by atoms with E-state index in [0.717, 1.165) is 58.7 Å². The Morgan fingerprint density at radius 2 is 1.46 bits per heavy atom. The molecule has 1 fully saturated rings. The summed E-state index contributed by atoms with van der Waals surface area (Å²) in [4.78, 5) is 5.28. The van der Waals surface area contributed by atoms with Gasteiger partial charge < -0.3 is 9.67 Å². The Bertz CT molecular complexity index is 2000. The predicted molar refractivity (Wildman–Crippen MR) is 185 cm³/mol. The van der Waals surface area contributed by atoms with Gasteiger partial charge in [-0.1, -0.05) is 109 Å². The van der Waals surface area contributed by atoms with Crippen molar-refractivity contribution in [1.29, 1.82) is 0 Å². The Morgan fingerprint density at radius 1 is 0.804 bits per heavy atom. The van der Waals surface area contributed by atoms with Crippen molar-refractivity contribution in [3.63, 3.8) is 0 Å². The van der Waals surface area contributed by atoms with Gasteiger partial charge in [0.2, 0.25) is 5.88 Å². The highest BCUT2D eigenvalue weighted by Crippen LogP contribution is 2.43. The molecular weight excluding hydrogens is 639 g/mol. The standard InChI is InChI=1S/C36H32Cl2N4O3S/c37-30-15-8-16-31(38)35(30)32-22-41(28-13-7-14-29(21-28)42-23-33(43)40-46(42,44)45)36(39-32)34(26-11-5-2-6-12-26)27-19-17-25(18-20-27)24-9-3-1-4-10-24/h1,3-4,7-10,13-23,26,34,40,43H,2,5-6,11-12H2. The minimum Gasteiger partial charge on any atom is -0.493 e. The molecule has 1 aromatic heterocycles. The van der Waals surface area contributed by atoms with Crippen LogP contribution in [0.5, 0.6) is 0 Å². The van der Waals surface area contributed by atoms with Gasteiger partial charge in [-0.15, -0.1) is 0 Å². The summed E-state index contributed by atoms with van der Waals surface area (Å²) in [5.74, 6) is 0.673. The molecule has 234 valence electrons. The molecule has 2 heterocycles. The molecular formula is C36H32Cl2N4O3S. The van der Waals surface area contributed by atoms with Gasteiger partial charge in [-0.25, -0.2) is 14.0 Å². The average Bonchev–Trinajstić information content (AvgIpc) is 3.61. The van der Waals surface area contributed by atoms with Gasteiger partial charge in [0.1, 0.15) is 5.82 Å². The summed E-state index contributed by atoms with van der Waals surface area (Å²) < 4.78 is 30.6. The molecule has 1 unspecified atom stereocenters. The quantitative estimate of drug-likeness (QED) is 0.181. The molecule has 1 atom stereocenters. The molecule has 2 aliphatic rings. The zero-order valence-electron chi connectivity index (χ0n) is 24.9. The molecule has 1 aliphatic carbocycles. The lowest BCUT2D eigenvalue weighted by Crippen LogP contribution is -2.29. The van der Waals surface area contributed by atoms with Gasteiger partial charge in [-0.2, -0.15) is 8.42 Å². The molecule has 1 saturated carbocycles. The molecule has 46 heavy (non-hydrogen) atoms. The number of halogens is 2. The highest BCUT2D eigenvalue weighted by Gasteiger charge is 2.33. The average molecular weight is 672 g/mol. The van der Waals surface area contributed by atoms with E-state index in [2.05, 4.69) is 41.1 Å². The molecule has 0 bridgehead atoms. The molecule has 0 amide bonds. The van der Waals surface area contributed by atoms with E-state index in [0.29, 0.717) is 38.6 Å². The molecule has 1 aliphatic heterocycles. The number of aromatic nitrogens is 2. The van der Waals surface area contributed by atoms with E-state index in [4.69, 9.17) is 28.2 Å². The first-order chi connectivity index (χ1) is 22.3. The van der Waals surface area contributed by atoms with Crippen molar-refractivity contribution < 1.29 is 13.5 Å². The van der Waals surface area contributed by atoms with E-state index in [-0.39, 0.29) is 5.92 Å². The fraction of sp³-hybridized carbons (Fsp3) is 0.194. The van der Waals surface area contributed by atoms with Crippen LogP contribution in [0.3, 0.4) is 0 Å². The topological polar surface area (TPSA) is 87.5 Å². The van der Waals surface area contributed by atoms with Crippen molar-refractivity contribution >= 4 is 39.1 Å². The Kier molecular flexibility index (Phi) is 8.27. The van der Waals surface area contributed by atoms with Gasteiger partial charge in [0.25, 0.3) is 0 Å². The lowest BCUT2D eigenvalue weighted by molar-refractivity contribution is 0.320. The summed E-state index contributed by atoms with van der Waals surface area (Å²) in [7, 11) is -3.97. The van der Waals surface area contributed by atoms with Crippen molar-refractivity contribution in [3.05, 3.63) is 137 Å². The lowest BCUT2D eigenvalue weighted by atomic mass is 9.76. The molecule has 7 nitrogen and oxygen atoms in total. The zero-order valence-corrected chi connectivity index (χ0v) is 27.2. The third-order valence-corrected chi connectivity index (χ3v) is 10.8. The molecule has 0 radical (unpaired) electrons. The van der Waals surface area contributed by atoms with Crippen molar-refractivity contribution in [1.82, 2.24) is 14.3 Å². The largest absolute Gasteiger partial charge is 0.493 e. The van der Waals surface area contributed by atoms with Gasteiger partial charge >= 0.3 is 10.2 Å². The van der Waals surface area contributed by atoms with Gasteiger partial charge in [0.15, 0.2) is 0 Å². The van der Waals surface area contributed by atoms with E-state index in [1.165, 1.54) is 6.42 Å². The van der Waals surface area contributed by atoms with Gasteiger partial charge in [-0.05, 0) is 65.8 Å². The molecule has 5 aromatic rings. The van der Waals surface area contributed by atoms with E-state index in [1.807, 2.05) is 41.1 Å². The van der Waals surface area contributed by atoms with Crippen LogP contribution in [0.15, 0.2) is 115 Å². The molecule has 7 rings (SSSR count). The Balaban J connectivity index is 1.41. The molecule has 4 aromatic carbocycles. The van der Waals surface area contributed by atoms with E-state index >= 15 is 0 Å². The Hall–Kier alpha value is -4.24. The van der Waals surface area contributed by atoms with Crippen LogP contribution in [0, 0.1) is 5.92 Å². The predicted octanol–water partition coefficient (Wildman–Crippen LogP) is 9.24. The maximum absolute atomic E-state index is 12.7. The zero-order chi connectivity index (χ0) is 31.8. The van der Waals surface area contributed by atoms with Crippen LogP contribution in [-0.2, 0) is 10.2 Å². The van der Waals surface area contributed by atoms with Crippen LogP contribution in [-0.4, -0.2) is 23.1 Å². The van der Waals surface area contributed by atoms with Crippen LogP contribution < -0.4 is 9.03 Å². The summed E-state index contributed by atoms with van der Waals surface area (Å²) in [5.41, 5.74) is 5.81. The van der Waals surface area contributed by atoms with E-state index in [9.17, 15) is 13.5 Å². The maximum atomic E-state index is 12.7. The van der Waals surface area contributed by atoms with Crippen LogP contribution in [0.25, 0.3) is 28.1 Å². The fourth-order valence-electron chi connectivity index (χ4n) is 6.68. The number of aliphatic hydroxyl groups excluding tert-OH is 1. The molecule has 0 spiro atoms. The second-order valence-corrected chi connectivity index (χ2v) is 14.1. The Morgan fingerprint density at radius 3 is 2.13 bits per heavy atom. The third kappa shape index (κ3) is 5.88. The normalized spacial score (nSPS) is 17.0. The summed E-state index contributed by atoms with van der Waals surface area (Å²) >= 11 is 13.4. The number of rotatable bonds is 7. The molecule has 2 N–H and O–H groups in total. The number of hydrogen-bond acceptors (Lipinski definition) is 4. The van der Waals surface area contributed by atoms with Gasteiger partial charge in [-0.3, -0.25) is 0 Å². The van der Waals surface area contributed by atoms with Crippen molar-refractivity contribution in [2.45, 2.75) is 38.0 Å². The van der Waals surface area contributed by atoms with Crippen LogP contribution >= 0.6 is 23.2 Å². The van der Waals surface area contributed by atoms with E-state index in [1.54, 1.807) is 30.3 Å². The maximum Gasteiger partial charge on any atom is 0.330 e. The Labute approximate surface area is 278 Å². The summed E-state index contributed by atoms with van der Waals surface area (Å²) in [6.45, 7) is 0. The van der Waals surface area contributed by atoms with Crippen LogP contribution in [0.4, 0.5) is 5.69 Å². The second-order valence-electron chi connectivity index (χ2n) is 11.8. The first-order valence-corrected chi connectivity index (χ1v) is 17.5. The number of imidazole rings is 1. The van der Waals surface area contributed by atoms with Gasteiger partial charge in [0, 0.05) is 23.4 Å². The second kappa shape index (κ2) is 12.5. The molecule has 10 heteroatoms. The summed E-state index contributed by atoms with van der Waals surface area (Å²) in [5, 5.41) is 10.9. The van der Waals surface area contributed by atoms with Crippen LogP contribution in [0.1, 0.15) is 49.4 Å². The number of hydrogen-bond donors (Lipinski definition) is 2. The smallest absolute Gasteiger partial charge is 0.330 e.